The van der Waals surface area contributed by atoms with Gasteiger partial charge in [-0.15, -0.1) is 11.3 Å². The minimum atomic E-state index is -0.656. The van der Waals surface area contributed by atoms with Crippen molar-refractivity contribution in [1.82, 2.24) is 9.88 Å². The summed E-state index contributed by atoms with van der Waals surface area (Å²) < 4.78 is 0. The van der Waals surface area contributed by atoms with Gasteiger partial charge in [-0.1, -0.05) is 29.3 Å². The molecule has 2 heterocycles. The maximum Gasteiger partial charge on any atom is 0.257 e. The predicted octanol–water partition coefficient (Wildman–Crippen LogP) is 3.67. The number of rotatable bonds is 2. The molecule has 3 rings (SSSR count). The number of thiazole rings is 1. The summed E-state index contributed by atoms with van der Waals surface area (Å²) >= 11 is 13.5. The molecule has 0 fully saturated rings. The van der Waals surface area contributed by atoms with Crippen LogP contribution in [-0.4, -0.2) is 15.8 Å². The normalized spacial score (nSPS) is 17.1. The van der Waals surface area contributed by atoms with Gasteiger partial charge in [-0.05, 0) is 6.07 Å². The summed E-state index contributed by atoms with van der Waals surface area (Å²) in [7, 11) is 0. The lowest BCUT2D eigenvalue weighted by atomic mass is 10.1. The highest BCUT2D eigenvalue weighted by Crippen LogP contribution is 2.40. The molecule has 0 N–H and O–H groups in total. The van der Waals surface area contributed by atoms with Crippen LogP contribution in [-0.2, 0) is 6.54 Å². The molecule has 0 bridgehead atoms. The Kier molecular flexibility index (Phi) is 3.38. The van der Waals surface area contributed by atoms with Gasteiger partial charge in [-0.25, -0.2) is 4.98 Å². The fraction of sp³-hybridized carbons (Fsp3) is 0.154. The van der Waals surface area contributed by atoms with Crippen LogP contribution >= 0.6 is 34.5 Å². The average Bonchev–Trinajstić information content (AvgIpc) is 3.03. The van der Waals surface area contributed by atoms with E-state index in [-0.39, 0.29) is 17.5 Å². The second-order valence-electron chi connectivity index (χ2n) is 4.22. The first-order valence-corrected chi connectivity index (χ1v) is 7.34. The Bertz CT molecular complexity index is 724. The first-order valence-electron chi connectivity index (χ1n) is 5.70. The standard InChI is InChI=1S/C13H7Cl2N3OS/c14-8-2-1-7-9(5-16)18(6-10-17-3-4-20-10)13(19)11(7)12(8)15/h1-4,9H,6H2. The second-order valence-corrected chi connectivity index (χ2v) is 5.98. The lowest BCUT2D eigenvalue weighted by molar-refractivity contribution is 0.0744. The van der Waals surface area contributed by atoms with E-state index in [1.165, 1.54) is 16.2 Å². The molecule has 1 aromatic carbocycles. The third-order valence-electron chi connectivity index (χ3n) is 3.12. The van der Waals surface area contributed by atoms with Crippen LogP contribution in [0.15, 0.2) is 23.7 Å². The van der Waals surface area contributed by atoms with E-state index in [1.807, 2.05) is 5.38 Å². The molecule has 4 nitrogen and oxygen atoms in total. The van der Waals surface area contributed by atoms with Gasteiger partial charge in [-0.2, -0.15) is 5.26 Å². The van der Waals surface area contributed by atoms with Crippen LogP contribution in [0.5, 0.6) is 0 Å². The zero-order chi connectivity index (χ0) is 14.3. The van der Waals surface area contributed by atoms with Crippen LogP contribution in [0.4, 0.5) is 0 Å². The number of amides is 1. The van der Waals surface area contributed by atoms with Crippen molar-refractivity contribution in [3.63, 3.8) is 0 Å². The van der Waals surface area contributed by atoms with Crippen LogP contribution in [0, 0.1) is 11.3 Å². The Morgan fingerprint density at radius 2 is 2.25 bits per heavy atom. The van der Waals surface area contributed by atoms with Crippen molar-refractivity contribution in [3.8, 4) is 6.07 Å². The molecule has 0 saturated carbocycles. The topological polar surface area (TPSA) is 57.0 Å². The van der Waals surface area contributed by atoms with Gasteiger partial charge < -0.3 is 4.90 Å². The minimum absolute atomic E-state index is 0.205. The first-order chi connectivity index (χ1) is 9.63. The first kappa shape index (κ1) is 13.4. The highest BCUT2D eigenvalue weighted by molar-refractivity contribution is 7.09. The molecular weight excluding hydrogens is 317 g/mol. The molecular formula is C13H7Cl2N3OS. The van der Waals surface area contributed by atoms with Crippen molar-refractivity contribution in [2.24, 2.45) is 0 Å². The van der Waals surface area contributed by atoms with Crippen LogP contribution in [0.2, 0.25) is 10.0 Å². The molecule has 1 aromatic heterocycles. The molecule has 0 saturated heterocycles. The molecule has 0 spiro atoms. The van der Waals surface area contributed by atoms with E-state index in [1.54, 1.807) is 18.3 Å². The maximum atomic E-state index is 12.5. The monoisotopic (exact) mass is 323 g/mol. The van der Waals surface area contributed by atoms with E-state index in [0.717, 1.165) is 5.01 Å². The Hall–Kier alpha value is -1.61. The van der Waals surface area contributed by atoms with Crippen molar-refractivity contribution in [2.75, 3.05) is 0 Å². The van der Waals surface area contributed by atoms with E-state index in [0.29, 0.717) is 16.1 Å². The van der Waals surface area contributed by atoms with Crippen LogP contribution in [0.25, 0.3) is 0 Å². The lowest BCUT2D eigenvalue weighted by Crippen LogP contribution is -2.26. The highest BCUT2D eigenvalue weighted by Gasteiger charge is 2.39. The Labute approximate surface area is 129 Å². The fourth-order valence-corrected chi connectivity index (χ4v) is 3.24. The van der Waals surface area contributed by atoms with Crippen molar-refractivity contribution in [2.45, 2.75) is 12.6 Å². The summed E-state index contributed by atoms with van der Waals surface area (Å²) in [4.78, 5) is 18.1. The number of halogens is 2. The molecule has 1 amide bonds. The molecule has 2 aromatic rings. The Balaban J connectivity index is 2.05. The number of nitriles is 1. The average molecular weight is 324 g/mol. The maximum absolute atomic E-state index is 12.5. The number of nitrogens with zero attached hydrogens (tertiary/aromatic N) is 3. The third-order valence-corrected chi connectivity index (χ3v) is 4.69. The summed E-state index contributed by atoms with van der Waals surface area (Å²) in [6, 6.07) is 4.77. The fourth-order valence-electron chi connectivity index (χ4n) is 2.22. The van der Waals surface area contributed by atoms with Crippen molar-refractivity contribution in [1.29, 1.82) is 5.26 Å². The van der Waals surface area contributed by atoms with E-state index >= 15 is 0 Å². The summed E-state index contributed by atoms with van der Waals surface area (Å²) in [6.45, 7) is 0.289. The van der Waals surface area contributed by atoms with Crippen LogP contribution in [0.3, 0.4) is 0 Å². The lowest BCUT2D eigenvalue weighted by Gasteiger charge is -2.18. The number of carbonyl (C=O) groups is 1. The molecule has 1 atom stereocenters. The van der Waals surface area contributed by atoms with Crippen molar-refractivity contribution in [3.05, 3.63) is 49.9 Å². The van der Waals surface area contributed by atoms with Gasteiger partial charge >= 0.3 is 0 Å². The zero-order valence-corrected chi connectivity index (χ0v) is 12.3. The minimum Gasteiger partial charge on any atom is -0.312 e. The van der Waals surface area contributed by atoms with E-state index in [2.05, 4.69) is 11.1 Å². The van der Waals surface area contributed by atoms with Crippen LogP contribution in [0.1, 0.15) is 27.0 Å². The second kappa shape index (κ2) is 5.06. The van der Waals surface area contributed by atoms with Crippen molar-refractivity contribution >= 4 is 40.4 Å². The molecule has 1 aliphatic heterocycles. The highest BCUT2D eigenvalue weighted by atomic mass is 35.5. The quantitative estimate of drug-likeness (QED) is 0.847. The molecule has 1 aliphatic rings. The van der Waals surface area contributed by atoms with Gasteiger partial charge in [0.2, 0.25) is 0 Å². The van der Waals surface area contributed by atoms with Crippen molar-refractivity contribution < 1.29 is 4.79 Å². The van der Waals surface area contributed by atoms with Gasteiger partial charge in [0.25, 0.3) is 5.91 Å². The van der Waals surface area contributed by atoms with Gasteiger partial charge in [0, 0.05) is 17.1 Å². The number of aromatic nitrogens is 1. The number of hydrogen-bond donors (Lipinski definition) is 0. The molecule has 7 heteroatoms. The van der Waals surface area contributed by atoms with Gasteiger partial charge in [0.1, 0.15) is 11.0 Å². The Morgan fingerprint density at radius 1 is 1.45 bits per heavy atom. The number of fused-ring (bicyclic) bond motifs is 1. The van der Waals surface area contributed by atoms with E-state index in [4.69, 9.17) is 23.2 Å². The largest absolute Gasteiger partial charge is 0.312 e. The number of carbonyl (C=O) groups excluding carboxylic acids is 1. The molecule has 20 heavy (non-hydrogen) atoms. The van der Waals surface area contributed by atoms with Gasteiger partial charge in [0.05, 0.1) is 28.2 Å². The SMILES string of the molecule is N#CC1c2ccc(Cl)c(Cl)c2C(=O)N1Cc1nccs1. The predicted molar refractivity (Wildman–Crippen MR) is 76.8 cm³/mol. The summed E-state index contributed by atoms with van der Waals surface area (Å²) in [5.41, 5.74) is 0.922. The van der Waals surface area contributed by atoms with Gasteiger partial charge in [-0.3, -0.25) is 4.79 Å². The summed E-state index contributed by atoms with van der Waals surface area (Å²) in [5.74, 6) is -0.283. The molecule has 1 unspecified atom stereocenters. The third kappa shape index (κ3) is 1.97. The number of benzene rings is 1. The van der Waals surface area contributed by atoms with Crippen LogP contribution < -0.4 is 0 Å². The number of hydrogen-bond acceptors (Lipinski definition) is 4. The Morgan fingerprint density at radius 3 is 2.90 bits per heavy atom. The zero-order valence-electron chi connectivity index (χ0n) is 10.0. The smallest absolute Gasteiger partial charge is 0.257 e. The summed E-state index contributed by atoms with van der Waals surface area (Å²) in [5, 5.41) is 12.5. The summed E-state index contributed by atoms with van der Waals surface area (Å²) in [6.07, 6.45) is 1.67. The van der Waals surface area contributed by atoms with E-state index in [9.17, 15) is 10.1 Å². The molecule has 0 radical (unpaired) electrons. The molecule has 0 aliphatic carbocycles. The van der Waals surface area contributed by atoms with E-state index < -0.39 is 6.04 Å². The van der Waals surface area contributed by atoms with Gasteiger partial charge in [0.15, 0.2) is 0 Å². The molecule has 100 valence electrons.